The first-order chi connectivity index (χ1) is 16.3. The zero-order chi connectivity index (χ0) is 24.4. The van der Waals surface area contributed by atoms with Crippen molar-refractivity contribution < 1.29 is 14.3 Å². The lowest BCUT2D eigenvalue weighted by Gasteiger charge is -2.33. The molecule has 0 saturated carbocycles. The van der Waals surface area contributed by atoms with E-state index < -0.39 is 5.60 Å². The summed E-state index contributed by atoms with van der Waals surface area (Å²) < 4.78 is 5.25. The van der Waals surface area contributed by atoms with Gasteiger partial charge in [0, 0.05) is 42.8 Å². The van der Waals surface area contributed by atoms with Crippen molar-refractivity contribution in [1.29, 1.82) is 0 Å². The smallest absolute Gasteiger partial charge is 0.407 e. The molecule has 186 valence electrons. The number of thiophene rings is 1. The number of carbonyl (C=O) groups is 2. The van der Waals surface area contributed by atoms with Crippen molar-refractivity contribution in [3.8, 4) is 0 Å². The molecule has 1 aromatic heterocycles. The van der Waals surface area contributed by atoms with Crippen LogP contribution in [0.25, 0.3) is 0 Å². The molecule has 0 bridgehead atoms. The van der Waals surface area contributed by atoms with Gasteiger partial charge in [-0.05, 0) is 82.0 Å². The molecule has 3 rings (SSSR count). The molecule has 1 aromatic carbocycles. The quantitative estimate of drug-likeness (QED) is 0.434. The lowest BCUT2D eigenvalue weighted by molar-refractivity contribution is 0.0528. The third-order valence-electron chi connectivity index (χ3n) is 5.65. The lowest BCUT2D eigenvalue weighted by Crippen LogP contribution is -2.47. The number of rotatable bonds is 9. The Balaban J connectivity index is 1.30. The van der Waals surface area contributed by atoms with Crippen LogP contribution in [0.15, 0.2) is 41.8 Å². The van der Waals surface area contributed by atoms with Gasteiger partial charge >= 0.3 is 12.1 Å². The fraction of sp³-hybridized carbons (Fsp3) is 0.538. The summed E-state index contributed by atoms with van der Waals surface area (Å²) in [6.45, 7) is 8.35. The maximum Gasteiger partial charge on any atom is 0.407 e. The van der Waals surface area contributed by atoms with Gasteiger partial charge in [0.1, 0.15) is 5.60 Å². The average Bonchev–Trinajstić information content (AvgIpc) is 3.31. The van der Waals surface area contributed by atoms with E-state index in [1.807, 2.05) is 25.7 Å². The van der Waals surface area contributed by atoms with Crippen LogP contribution < -0.4 is 16.0 Å². The maximum absolute atomic E-state index is 12.4. The Morgan fingerprint density at radius 2 is 1.76 bits per heavy atom. The van der Waals surface area contributed by atoms with E-state index in [4.69, 9.17) is 4.74 Å². The maximum atomic E-state index is 12.4. The van der Waals surface area contributed by atoms with Crippen LogP contribution in [0.3, 0.4) is 0 Å². The van der Waals surface area contributed by atoms with Crippen molar-refractivity contribution in [2.75, 3.05) is 31.5 Å². The molecule has 1 fully saturated rings. The van der Waals surface area contributed by atoms with Crippen LogP contribution in [-0.4, -0.2) is 54.8 Å². The molecule has 34 heavy (non-hydrogen) atoms. The number of nitrogens with zero attached hydrogens (tertiary/aromatic N) is 1. The van der Waals surface area contributed by atoms with E-state index in [1.54, 1.807) is 11.3 Å². The van der Waals surface area contributed by atoms with Crippen LogP contribution in [0.1, 0.15) is 50.5 Å². The number of ether oxygens (including phenoxy) is 1. The van der Waals surface area contributed by atoms with Crippen molar-refractivity contribution in [3.63, 3.8) is 0 Å². The number of aryl methyl sites for hydroxylation is 1. The molecular weight excluding hydrogens is 448 g/mol. The fourth-order valence-electron chi connectivity index (χ4n) is 3.88. The van der Waals surface area contributed by atoms with E-state index in [2.05, 4.69) is 57.7 Å². The molecule has 0 spiro atoms. The number of amides is 3. The largest absolute Gasteiger partial charge is 0.444 e. The van der Waals surface area contributed by atoms with Gasteiger partial charge in [-0.2, -0.15) is 0 Å². The second-order valence-corrected chi connectivity index (χ2v) is 10.7. The van der Waals surface area contributed by atoms with Gasteiger partial charge in [-0.15, -0.1) is 11.3 Å². The van der Waals surface area contributed by atoms with Gasteiger partial charge < -0.3 is 25.6 Å². The van der Waals surface area contributed by atoms with Crippen LogP contribution in [0, 0.1) is 0 Å². The normalized spacial score (nSPS) is 14.5. The standard InChI is InChI=1S/C26H38N4O3S/c1-26(2,3)33-25(32)28-16-12-20-8-10-21(11-9-20)29-22-13-17-30(18-14-22)24(31)27-15-4-6-23-7-5-19-34-23/h5,7-11,19,22,29H,4,6,12-18H2,1-3H3,(H,27,31)(H,28,32). The molecule has 0 radical (unpaired) electrons. The van der Waals surface area contributed by atoms with Crippen molar-refractivity contribution in [2.45, 2.75) is 64.5 Å². The molecule has 3 amide bonds. The first-order valence-electron chi connectivity index (χ1n) is 12.2. The number of piperidine rings is 1. The van der Waals surface area contributed by atoms with Gasteiger partial charge in [0.15, 0.2) is 0 Å². The van der Waals surface area contributed by atoms with Gasteiger partial charge in [-0.1, -0.05) is 18.2 Å². The van der Waals surface area contributed by atoms with Crippen LogP contribution in [-0.2, 0) is 17.6 Å². The molecule has 8 heteroatoms. The first kappa shape index (κ1) is 25.9. The Kier molecular flexibility index (Phi) is 9.62. The minimum Gasteiger partial charge on any atom is -0.444 e. The molecule has 1 saturated heterocycles. The summed E-state index contributed by atoms with van der Waals surface area (Å²) >= 11 is 1.77. The van der Waals surface area contributed by atoms with Gasteiger partial charge in [0.2, 0.25) is 0 Å². The van der Waals surface area contributed by atoms with Crippen molar-refractivity contribution in [1.82, 2.24) is 15.5 Å². The summed E-state index contributed by atoms with van der Waals surface area (Å²) in [5, 5.41) is 11.5. The number of urea groups is 1. The molecule has 0 atom stereocenters. The van der Waals surface area contributed by atoms with Gasteiger partial charge in [-0.3, -0.25) is 0 Å². The highest BCUT2D eigenvalue weighted by atomic mass is 32.1. The average molecular weight is 487 g/mol. The number of anilines is 1. The van der Waals surface area contributed by atoms with Gasteiger partial charge in [-0.25, -0.2) is 9.59 Å². The molecule has 2 heterocycles. The summed E-state index contributed by atoms with van der Waals surface area (Å²) in [4.78, 5) is 27.4. The summed E-state index contributed by atoms with van der Waals surface area (Å²) in [6.07, 6.45) is 4.22. The second kappa shape index (κ2) is 12.6. The lowest BCUT2D eigenvalue weighted by atomic mass is 10.0. The highest BCUT2D eigenvalue weighted by molar-refractivity contribution is 7.09. The van der Waals surface area contributed by atoms with Crippen LogP contribution in [0.2, 0.25) is 0 Å². The van der Waals surface area contributed by atoms with Crippen molar-refractivity contribution >= 4 is 29.1 Å². The van der Waals surface area contributed by atoms with Crippen LogP contribution >= 0.6 is 11.3 Å². The van der Waals surface area contributed by atoms with Gasteiger partial charge in [0.05, 0.1) is 0 Å². The number of alkyl carbamates (subject to hydrolysis) is 1. The Labute approximate surface area is 207 Å². The predicted octanol–water partition coefficient (Wildman–Crippen LogP) is 5.03. The predicted molar refractivity (Wildman–Crippen MR) is 139 cm³/mol. The van der Waals surface area contributed by atoms with E-state index in [-0.39, 0.29) is 12.1 Å². The minimum absolute atomic E-state index is 0.0500. The summed E-state index contributed by atoms with van der Waals surface area (Å²) in [6, 6.07) is 12.9. The van der Waals surface area contributed by atoms with E-state index >= 15 is 0 Å². The Morgan fingerprint density at radius 3 is 2.41 bits per heavy atom. The number of hydrogen-bond donors (Lipinski definition) is 3. The molecule has 7 nitrogen and oxygen atoms in total. The molecule has 0 aliphatic carbocycles. The SMILES string of the molecule is CC(C)(C)OC(=O)NCCc1ccc(NC2CCN(C(=O)NCCCc3cccs3)CC2)cc1. The van der Waals surface area contributed by atoms with E-state index in [0.29, 0.717) is 19.1 Å². The van der Waals surface area contributed by atoms with E-state index in [9.17, 15) is 9.59 Å². The van der Waals surface area contributed by atoms with Crippen molar-refractivity contribution in [2.24, 2.45) is 0 Å². The van der Waals surface area contributed by atoms with E-state index in [0.717, 1.165) is 56.4 Å². The van der Waals surface area contributed by atoms with Crippen LogP contribution in [0.5, 0.6) is 0 Å². The number of hydrogen-bond acceptors (Lipinski definition) is 5. The molecule has 2 aromatic rings. The van der Waals surface area contributed by atoms with Crippen molar-refractivity contribution in [3.05, 3.63) is 52.2 Å². The highest BCUT2D eigenvalue weighted by Gasteiger charge is 2.22. The Morgan fingerprint density at radius 1 is 1.03 bits per heavy atom. The minimum atomic E-state index is -0.485. The Bertz CT molecular complexity index is 886. The highest BCUT2D eigenvalue weighted by Crippen LogP contribution is 2.18. The number of carbonyl (C=O) groups excluding carboxylic acids is 2. The molecule has 1 aliphatic heterocycles. The number of likely N-dealkylation sites (tertiary alicyclic amines) is 1. The summed E-state index contributed by atoms with van der Waals surface area (Å²) in [5.74, 6) is 0. The zero-order valence-corrected chi connectivity index (χ0v) is 21.4. The molecule has 1 aliphatic rings. The monoisotopic (exact) mass is 486 g/mol. The molecule has 3 N–H and O–H groups in total. The summed E-state index contributed by atoms with van der Waals surface area (Å²) in [7, 11) is 0. The fourth-order valence-corrected chi connectivity index (χ4v) is 4.63. The molecule has 0 unspecified atom stereocenters. The number of nitrogens with one attached hydrogen (secondary N) is 3. The number of benzene rings is 1. The van der Waals surface area contributed by atoms with Crippen LogP contribution in [0.4, 0.5) is 15.3 Å². The first-order valence-corrected chi connectivity index (χ1v) is 13.0. The Hall–Kier alpha value is -2.74. The zero-order valence-electron chi connectivity index (χ0n) is 20.6. The molecular formula is C26H38N4O3S. The third-order valence-corrected chi connectivity index (χ3v) is 6.58. The summed E-state index contributed by atoms with van der Waals surface area (Å²) in [5.41, 5.74) is 1.76. The van der Waals surface area contributed by atoms with Gasteiger partial charge in [0.25, 0.3) is 0 Å². The third kappa shape index (κ3) is 9.25. The van der Waals surface area contributed by atoms with E-state index in [1.165, 1.54) is 4.88 Å². The topological polar surface area (TPSA) is 82.7 Å². The second-order valence-electron chi connectivity index (χ2n) is 9.70.